The molecule has 2 aliphatic rings. The molecule has 0 aliphatic carbocycles. The summed E-state index contributed by atoms with van der Waals surface area (Å²) in [6.07, 6.45) is 0.418. The van der Waals surface area contributed by atoms with Crippen molar-refractivity contribution in [1.82, 2.24) is 0 Å². The first kappa shape index (κ1) is 13.0. The summed E-state index contributed by atoms with van der Waals surface area (Å²) in [5.41, 5.74) is 0.564. The number of benzene rings is 1. The monoisotopic (exact) mass is 273 g/mol. The van der Waals surface area contributed by atoms with Crippen molar-refractivity contribution in [1.29, 1.82) is 0 Å². The van der Waals surface area contributed by atoms with Gasteiger partial charge in [0.15, 0.2) is 0 Å². The minimum Gasteiger partial charge on any atom is -0.380 e. The van der Waals surface area contributed by atoms with Crippen LogP contribution in [0.2, 0.25) is 0 Å². The molecule has 2 heterocycles. The number of carbonyl (C=O) groups is 3. The molecule has 0 bridgehead atoms. The van der Waals surface area contributed by atoms with Crippen LogP contribution in [0.5, 0.6) is 0 Å². The highest BCUT2D eigenvalue weighted by atomic mass is 16.5. The molecule has 2 amide bonds. The fraction of sp³-hybridized carbons (Fsp3) is 0.400. The quantitative estimate of drug-likeness (QED) is 0.759. The summed E-state index contributed by atoms with van der Waals surface area (Å²) in [4.78, 5) is 37.7. The largest absolute Gasteiger partial charge is 0.380 e. The van der Waals surface area contributed by atoms with Gasteiger partial charge >= 0.3 is 0 Å². The van der Waals surface area contributed by atoms with Gasteiger partial charge in [0.1, 0.15) is 5.78 Å². The molecule has 0 saturated carbocycles. The first-order valence-electron chi connectivity index (χ1n) is 6.71. The highest BCUT2D eigenvalue weighted by molar-refractivity contribution is 6.21. The first-order chi connectivity index (χ1) is 9.68. The Kier molecular flexibility index (Phi) is 3.36. The lowest BCUT2D eigenvalue weighted by Crippen LogP contribution is -2.38. The van der Waals surface area contributed by atoms with E-state index in [1.807, 2.05) is 6.07 Å². The maximum atomic E-state index is 12.5. The van der Waals surface area contributed by atoms with Crippen molar-refractivity contribution in [3.63, 3.8) is 0 Å². The van der Waals surface area contributed by atoms with Crippen molar-refractivity contribution in [3.05, 3.63) is 30.3 Å². The van der Waals surface area contributed by atoms with E-state index < -0.39 is 11.8 Å². The summed E-state index contributed by atoms with van der Waals surface area (Å²) >= 11 is 0. The van der Waals surface area contributed by atoms with Gasteiger partial charge in [-0.15, -0.1) is 0 Å². The van der Waals surface area contributed by atoms with E-state index in [4.69, 9.17) is 4.74 Å². The van der Waals surface area contributed by atoms with Crippen molar-refractivity contribution in [2.24, 2.45) is 11.8 Å². The van der Waals surface area contributed by atoms with Gasteiger partial charge in [-0.3, -0.25) is 19.3 Å². The Bertz CT molecular complexity index is 554. The fourth-order valence-corrected chi connectivity index (χ4v) is 2.82. The number of ether oxygens (including phenoxy) is 1. The number of rotatable bonds is 2. The molecule has 1 aromatic rings. The summed E-state index contributed by atoms with van der Waals surface area (Å²) in [6, 6.07) is 8.81. The molecule has 104 valence electrons. The molecule has 2 fully saturated rings. The molecule has 0 aromatic heterocycles. The minimum atomic E-state index is -0.574. The highest BCUT2D eigenvalue weighted by Gasteiger charge is 2.46. The van der Waals surface area contributed by atoms with Gasteiger partial charge in [-0.05, 0) is 12.1 Å². The van der Waals surface area contributed by atoms with Crippen molar-refractivity contribution in [2.75, 3.05) is 18.1 Å². The van der Waals surface area contributed by atoms with Crippen LogP contribution >= 0.6 is 0 Å². The lowest BCUT2D eigenvalue weighted by atomic mass is 9.85. The van der Waals surface area contributed by atoms with Crippen LogP contribution in [0.15, 0.2) is 30.3 Å². The zero-order valence-corrected chi connectivity index (χ0v) is 11.0. The second kappa shape index (κ2) is 5.17. The predicted octanol–water partition coefficient (Wildman–Crippen LogP) is 1.17. The average molecular weight is 273 g/mol. The molecule has 2 aliphatic heterocycles. The lowest BCUT2D eigenvalue weighted by molar-refractivity contribution is -0.138. The number of Topliss-reactive ketones (excluding diaryl/α,β-unsaturated/α-hetero) is 1. The smallest absolute Gasteiger partial charge is 0.238 e. The SMILES string of the molecule is O=C1CCOCC1[C@H]1CC(=O)N(c2ccccc2)C1=O. The molecule has 1 aromatic carbocycles. The van der Waals surface area contributed by atoms with E-state index in [0.717, 1.165) is 0 Å². The van der Waals surface area contributed by atoms with Crippen LogP contribution in [0.3, 0.4) is 0 Å². The van der Waals surface area contributed by atoms with E-state index in [1.165, 1.54) is 4.90 Å². The maximum Gasteiger partial charge on any atom is 0.238 e. The Hall–Kier alpha value is -2.01. The molecule has 5 nitrogen and oxygen atoms in total. The van der Waals surface area contributed by atoms with Crippen LogP contribution in [0.4, 0.5) is 5.69 Å². The zero-order valence-electron chi connectivity index (χ0n) is 11.0. The highest BCUT2D eigenvalue weighted by Crippen LogP contribution is 2.33. The Balaban J connectivity index is 1.85. The van der Waals surface area contributed by atoms with E-state index in [-0.39, 0.29) is 30.6 Å². The predicted molar refractivity (Wildman–Crippen MR) is 71.0 cm³/mol. The normalized spacial score (nSPS) is 27.2. The average Bonchev–Trinajstić information content (AvgIpc) is 2.75. The van der Waals surface area contributed by atoms with Gasteiger partial charge in [0.05, 0.1) is 30.7 Å². The molecular weight excluding hydrogens is 258 g/mol. The molecule has 0 radical (unpaired) electrons. The molecule has 0 spiro atoms. The zero-order chi connectivity index (χ0) is 14.1. The number of amides is 2. The van der Waals surface area contributed by atoms with Crippen molar-refractivity contribution in [3.8, 4) is 0 Å². The number of carbonyl (C=O) groups excluding carboxylic acids is 3. The topological polar surface area (TPSA) is 63.7 Å². The Morgan fingerprint density at radius 3 is 2.50 bits per heavy atom. The number of ketones is 1. The number of hydrogen-bond donors (Lipinski definition) is 0. The van der Waals surface area contributed by atoms with Crippen LogP contribution in [0.1, 0.15) is 12.8 Å². The van der Waals surface area contributed by atoms with Crippen molar-refractivity contribution in [2.45, 2.75) is 12.8 Å². The minimum absolute atomic E-state index is 0.0253. The number of nitrogens with zero attached hydrogens (tertiary/aromatic N) is 1. The Morgan fingerprint density at radius 1 is 1.05 bits per heavy atom. The van der Waals surface area contributed by atoms with Gasteiger partial charge in [-0.25, -0.2) is 0 Å². The molecule has 2 atom stereocenters. The van der Waals surface area contributed by atoms with Crippen LogP contribution < -0.4 is 4.90 Å². The van der Waals surface area contributed by atoms with Gasteiger partial charge in [0, 0.05) is 12.8 Å². The summed E-state index contributed by atoms with van der Waals surface area (Å²) in [6.45, 7) is 0.651. The summed E-state index contributed by atoms with van der Waals surface area (Å²) in [7, 11) is 0. The third-order valence-corrected chi connectivity index (χ3v) is 3.89. The molecule has 20 heavy (non-hydrogen) atoms. The van der Waals surface area contributed by atoms with Crippen LogP contribution in [-0.2, 0) is 19.1 Å². The van der Waals surface area contributed by atoms with E-state index in [9.17, 15) is 14.4 Å². The third-order valence-electron chi connectivity index (χ3n) is 3.89. The van der Waals surface area contributed by atoms with Crippen LogP contribution in [0.25, 0.3) is 0 Å². The number of para-hydroxylation sites is 1. The summed E-state index contributed by atoms with van der Waals surface area (Å²) in [5, 5.41) is 0. The maximum absolute atomic E-state index is 12.5. The standard InChI is InChI=1S/C15H15NO4/c17-13-6-7-20-9-12(13)11-8-14(18)16(15(11)19)10-4-2-1-3-5-10/h1-5,11-12H,6-9H2/t11-,12?/m1/s1. The number of imide groups is 1. The number of hydrogen-bond acceptors (Lipinski definition) is 4. The van der Waals surface area contributed by atoms with Gasteiger partial charge in [0.25, 0.3) is 0 Å². The van der Waals surface area contributed by atoms with E-state index in [0.29, 0.717) is 18.7 Å². The second-order valence-corrected chi connectivity index (χ2v) is 5.11. The van der Waals surface area contributed by atoms with Gasteiger partial charge in [-0.2, -0.15) is 0 Å². The molecule has 2 saturated heterocycles. The van der Waals surface area contributed by atoms with Gasteiger partial charge < -0.3 is 4.74 Å². The van der Waals surface area contributed by atoms with Crippen molar-refractivity contribution >= 4 is 23.3 Å². The number of anilines is 1. The Morgan fingerprint density at radius 2 is 1.80 bits per heavy atom. The molecule has 1 unspecified atom stereocenters. The molecule has 5 heteroatoms. The van der Waals surface area contributed by atoms with Crippen LogP contribution in [-0.4, -0.2) is 30.8 Å². The first-order valence-corrected chi connectivity index (χ1v) is 6.71. The summed E-state index contributed by atoms with van der Waals surface area (Å²) < 4.78 is 5.29. The van der Waals surface area contributed by atoms with Crippen molar-refractivity contribution < 1.29 is 19.1 Å². The molecular formula is C15H15NO4. The van der Waals surface area contributed by atoms with E-state index in [2.05, 4.69) is 0 Å². The third kappa shape index (κ3) is 2.14. The molecule has 0 N–H and O–H groups in total. The van der Waals surface area contributed by atoms with Crippen LogP contribution in [0, 0.1) is 11.8 Å². The fourth-order valence-electron chi connectivity index (χ4n) is 2.82. The van der Waals surface area contributed by atoms with E-state index >= 15 is 0 Å². The lowest BCUT2D eigenvalue weighted by Gasteiger charge is -2.24. The van der Waals surface area contributed by atoms with E-state index in [1.54, 1.807) is 24.3 Å². The Labute approximate surface area is 116 Å². The molecule has 3 rings (SSSR count). The summed E-state index contributed by atoms with van der Waals surface area (Å²) in [5.74, 6) is -1.56. The second-order valence-electron chi connectivity index (χ2n) is 5.11. The van der Waals surface area contributed by atoms with Gasteiger partial charge in [-0.1, -0.05) is 18.2 Å². The van der Waals surface area contributed by atoms with Gasteiger partial charge in [0.2, 0.25) is 11.8 Å².